The van der Waals surface area contributed by atoms with E-state index in [0.717, 1.165) is 0 Å². The van der Waals surface area contributed by atoms with Gasteiger partial charge in [-0.05, 0) is 0 Å². The third kappa shape index (κ3) is 8.07. The van der Waals surface area contributed by atoms with Gasteiger partial charge in [-0.15, -0.1) is 0 Å². The SMILES string of the molecule is FC(F)(F)COP=N[Si]. The standard InChI is InChI=1S/C2H2F3NOPSi/c3-2(4,5)1-7-8-6-9/h1H2. The minimum absolute atomic E-state index is 0.0697. The summed E-state index contributed by atoms with van der Waals surface area (Å²) in [6, 6.07) is 0. The highest BCUT2D eigenvalue weighted by atomic mass is 31.1. The van der Waals surface area contributed by atoms with E-state index >= 15 is 0 Å². The van der Waals surface area contributed by atoms with Gasteiger partial charge in [-0.1, -0.05) is 0 Å². The van der Waals surface area contributed by atoms with Crippen molar-refractivity contribution in [3.8, 4) is 0 Å². The third-order valence-electron chi connectivity index (χ3n) is 0.327. The molecule has 0 aliphatic heterocycles. The van der Waals surface area contributed by atoms with Gasteiger partial charge in [0.25, 0.3) is 0 Å². The largest absolute Gasteiger partial charge is 0.412 e. The Morgan fingerprint density at radius 3 is 2.44 bits per heavy atom. The molecule has 51 valence electrons. The molecule has 0 N–H and O–H groups in total. The van der Waals surface area contributed by atoms with Crippen molar-refractivity contribution in [1.82, 2.24) is 0 Å². The van der Waals surface area contributed by atoms with Gasteiger partial charge in [0.1, 0.15) is 0 Å². The molecule has 0 aliphatic carbocycles. The van der Waals surface area contributed by atoms with Gasteiger partial charge in [-0.25, -0.2) is 0 Å². The second kappa shape index (κ2) is 3.98. The second-order valence-electron chi connectivity index (χ2n) is 1.07. The fourth-order valence-corrected chi connectivity index (χ4v) is 0.566. The van der Waals surface area contributed by atoms with Crippen LogP contribution < -0.4 is 0 Å². The molecule has 0 atom stereocenters. The van der Waals surface area contributed by atoms with Gasteiger partial charge in [0, 0.05) is 0 Å². The van der Waals surface area contributed by atoms with Crippen molar-refractivity contribution in [2.45, 2.75) is 6.18 Å². The van der Waals surface area contributed by atoms with Gasteiger partial charge in [0.05, 0.1) is 0 Å². The molecular formula is C2H2F3NOPSi. The highest BCUT2D eigenvalue weighted by Gasteiger charge is 2.27. The summed E-state index contributed by atoms with van der Waals surface area (Å²) >= 11 is 0. The zero-order chi connectivity index (χ0) is 7.33. The van der Waals surface area contributed by atoms with Gasteiger partial charge in [-0.3, -0.25) is 4.41 Å². The van der Waals surface area contributed by atoms with Crippen LogP contribution in [0, 0.1) is 0 Å². The lowest BCUT2D eigenvalue weighted by molar-refractivity contribution is -0.151. The maximum atomic E-state index is 11.2. The van der Waals surface area contributed by atoms with E-state index in [-0.39, 0.29) is 8.60 Å². The molecule has 0 saturated carbocycles. The minimum Gasteiger partial charge on any atom is -0.302 e. The van der Waals surface area contributed by atoms with Gasteiger partial charge in [-0.2, -0.15) is 13.2 Å². The number of halogens is 3. The lowest BCUT2D eigenvalue weighted by atomic mass is 10.7. The molecule has 0 unspecified atom stereocenters. The van der Waals surface area contributed by atoms with Crippen LogP contribution in [-0.2, 0) is 4.52 Å². The first-order valence-corrected chi connectivity index (χ1v) is 3.03. The highest BCUT2D eigenvalue weighted by molar-refractivity contribution is 7.21. The number of hydrogen-bond acceptors (Lipinski definition) is 2. The van der Waals surface area contributed by atoms with Crippen molar-refractivity contribution >= 4 is 19.0 Å². The monoisotopic (exact) mass is 172 g/mol. The Bertz CT molecular complexity index is 104. The molecule has 0 spiro atoms. The molecule has 0 aromatic heterocycles. The van der Waals surface area contributed by atoms with Crippen molar-refractivity contribution in [3.63, 3.8) is 0 Å². The third-order valence-corrected chi connectivity index (χ3v) is 0.898. The maximum Gasteiger partial charge on any atom is 0.412 e. The van der Waals surface area contributed by atoms with E-state index in [1.165, 1.54) is 0 Å². The molecule has 0 saturated heterocycles. The van der Waals surface area contributed by atoms with Crippen molar-refractivity contribution in [1.29, 1.82) is 0 Å². The molecule has 0 fully saturated rings. The van der Waals surface area contributed by atoms with E-state index in [4.69, 9.17) is 0 Å². The molecular weight excluding hydrogens is 170 g/mol. The fourth-order valence-electron chi connectivity index (χ4n) is 0.131. The molecule has 0 heterocycles. The van der Waals surface area contributed by atoms with E-state index in [2.05, 4.69) is 19.3 Å². The lowest BCUT2D eigenvalue weighted by Crippen LogP contribution is -2.13. The van der Waals surface area contributed by atoms with E-state index in [0.29, 0.717) is 0 Å². The Hall–Kier alpha value is 0.0669. The molecule has 0 rings (SSSR count). The molecule has 0 aliphatic rings. The van der Waals surface area contributed by atoms with E-state index in [1.54, 1.807) is 0 Å². The lowest BCUT2D eigenvalue weighted by Gasteiger charge is -2.00. The zero-order valence-corrected chi connectivity index (χ0v) is 6.04. The summed E-state index contributed by atoms with van der Waals surface area (Å²) in [4.78, 5) is 0. The summed E-state index contributed by atoms with van der Waals surface area (Å²) in [7, 11) is 2.51. The molecule has 7 heteroatoms. The van der Waals surface area contributed by atoms with Crippen molar-refractivity contribution < 1.29 is 17.7 Å². The Morgan fingerprint density at radius 2 is 2.11 bits per heavy atom. The molecule has 2 nitrogen and oxygen atoms in total. The van der Waals surface area contributed by atoms with Crippen LogP contribution in [0.1, 0.15) is 0 Å². The van der Waals surface area contributed by atoms with E-state index < -0.39 is 12.8 Å². The molecule has 0 amide bonds. The van der Waals surface area contributed by atoms with Gasteiger partial charge < -0.3 is 4.52 Å². The Morgan fingerprint density at radius 1 is 1.56 bits per heavy atom. The van der Waals surface area contributed by atoms with Gasteiger partial charge in [0.2, 0.25) is 10.4 Å². The van der Waals surface area contributed by atoms with Crippen LogP contribution in [0.2, 0.25) is 0 Å². The van der Waals surface area contributed by atoms with Crippen LogP contribution in [0.15, 0.2) is 4.41 Å². The Balaban J connectivity index is 3.28. The summed E-state index contributed by atoms with van der Waals surface area (Å²) < 4.78 is 40.6. The van der Waals surface area contributed by atoms with Crippen LogP contribution in [-0.4, -0.2) is 23.2 Å². The highest BCUT2D eigenvalue weighted by Crippen LogP contribution is 2.17. The summed E-state index contributed by atoms with van der Waals surface area (Å²) in [5, 5.41) is 0. The Labute approximate surface area is 54.9 Å². The molecule has 0 aromatic rings. The van der Waals surface area contributed by atoms with Gasteiger partial charge in [0.15, 0.2) is 15.2 Å². The summed E-state index contributed by atoms with van der Waals surface area (Å²) in [5.41, 5.74) is 0. The first-order valence-electron chi connectivity index (χ1n) is 1.82. The molecule has 9 heavy (non-hydrogen) atoms. The zero-order valence-electron chi connectivity index (χ0n) is 4.14. The van der Waals surface area contributed by atoms with Crippen molar-refractivity contribution in [2.24, 2.45) is 4.41 Å². The van der Waals surface area contributed by atoms with Crippen LogP contribution >= 0.6 is 8.60 Å². The summed E-state index contributed by atoms with van der Waals surface area (Å²) in [6.45, 7) is -1.26. The molecule has 0 bridgehead atoms. The predicted molar refractivity (Wildman–Crippen MR) is 27.1 cm³/mol. The first-order chi connectivity index (χ1) is 4.06. The number of alkyl halides is 3. The topological polar surface area (TPSA) is 21.6 Å². The average molecular weight is 172 g/mol. The quantitative estimate of drug-likeness (QED) is 0.458. The van der Waals surface area contributed by atoms with Crippen molar-refractivity contribution in [3.05, 3.63) is 0 Å². The average Bonchev–Trinajstić information content (AvgIpc) is 1.63. The van der Waals surface area contributed by atoms with Crippen LogP contribution in [0.3, 0.4) is 0 Å². The predicted octanol–water partition coefficient (Wildman–Crippen LogP) is 1.69. The molecule has 3 radical (unpaired) electrons. The number of rotatable bonds is 2. The first kappa shape index (κ1) is 9.07. The van der Waals surface area contributed by atoms with E-state index in [1.807, 2.05) is 0 Å². The van der Waals surface area contributed by atoms with Crippen LogP contribution in [0.5, 0.6) is 0 Å². The summed E-state index contributed by atoms with van der Waals surface area (Å²) in [6.07, 6.45) is -4.26. The number of nitrogens with zero attached hydrogens (tertiary/aromatic N) is 1. The summed E-state index contributed by atoms with van der Waals surface area (Å²) in [5.74, 6) is 0. The smallest absolute Gasteiger partial charge is 0.302 e. The molecule has 0 aromatic carbocycles. The van der Waals surface area contributed by atoms with Crippen molar-refractivity contribution in [2.75, 3.05) is 6.61 Å². The van der Waals surface area contributed by atoms with Crippen LogP contribution in [0.4, 0.5) is 13.2 Å². The fraction of sp³-hybridized carbons (Fsp3) is 1.00. The Kier molecular flexibility index (Phi) is 4.00. The maximum absolute atomic E-state index is 11.2. The van der Waals surface area contributed by atoms with Gasteiger partial charge >= 0.3 is 6.18 Å². The second-order valence-corrected chi connectivity index (χ2v) is 2.29. The normalized spacial score (nSPS) is 12.9. The number of hydrogen-bond donors (Lipinski definition) is 0. The van der Waals surface area contributed by atoms with Crippen LogP contribution in [0.25, 0.3) is 0 Å². The van der Waals surface area contributed by atoms with E-state index in [9.17, 15) is 13.2 Å². The minimum atomic E-state index is -4.26.